The highest BCUT2D eigenvalue weighted by Crippen LogP contribution is 2.15. The average Bonchev–Trinajstić information content (AvgIpc) is 2.60. The van der Waals surface area contributed by atoms with Gasteiger partial charge >= 0.3 is 5.97 Å². The number of halogens is 1. The Morgan fingerprint density at radius 3 is 2.44 bits per heavy atom. The number of rotatable bonds is 9. The van der Waals surface area contributed by atoms with Crippen LogP contribution in [0, 0.1) is 5.82 Å². The minimum atomic E-state index is -1.08. The molecule has 0 aromatic heterocycles. The van der Waals surface area contributed by atoms with Crippen LogP contribution in [0.3, 0.4) is 0 Å². The molecular formula is C19H20FNO4. The fourth-order valence-electron chi connectivity index (χ4n) is 2.29. The minimum Gasteiger partial charge on any atom is -0.491 e. The zero-order valence-electron chi connectivity index (χ0n) is 13.7. The van der Waals surface area contributed by atoms with Crippen molar-refractivity contribution in [3.63, 3.8) is 0 Å². The van der Waals surface area contributed by atoms with Crippen LogP contribution in [-0.4, -0.2) is 29.6 Å². The van der Waals surface area contributed by atoms with Crippen molar-refractivity contribution >= 4 is 11.9 Å². The fraction of sp³-hybridized carbons (Fsp3) is 0.263. The second-order valence-corrected chi connectivity index (χ2v) is 5.53. The van der Waals surface area contributed by atoms with Gasteiger partial charge in [0.25, 0.3) is 0 Å². The van der Waals surface area contributed by atoms with E-state index in [0.29, 0.717) is 6.42 Å². The summed E-state index contributed by atoms with van der Waals surface area (Å²) in [7, 11) is 0. The molecule has 6 heteroatoms. The maximum atomic E-state index is 13.4. The predicted octanol–water partition coefficient (Wildman–Crippen LogP) is 2.80. The van der Waals surface area contributed by atoms with Gasteiger partial charge in [-0.2, -0.15) is 0 Å². The van der Waals surface area contributed by atoms with Crippen LogP contribution >= 0.6 is 0 Å². The van der Waals surface area contributed by atoms with Crippen molar-refractivity contribution < 1.29 is 23.8 Å². The van der Waals surface area contributed by atoms with E-state index in [1.165, 1.54) is 12.1 Å². The Labute approximate surface area is 145 Å². The Morgan fingerprint density at radius 1 is 1.08 bits per heavy atom. The number of amides is 1. The van der Waals surface area contributed by atoms with Gasteiger partial charge in [0.2, 0.25) is 5.91 Å². The lowest BCUT2D eigenvalue weighted by atomic mass is 10.1. The maximum absolute atomic E-state index is 13.4. The number of carboxylic acid groups (broad SMARTS) is 1. The number of ether oxygens (including phenoxy) is 1. The van der Waals surface area contributed by atoms with E-state index in [4.69, 9.17) is 4.74 Å². The van der Waals surface area contributed by atoms with Crippen molar-refractivity contribution in [2.75, 3.05) is 6.61 Å². The summed E-state index contributed by atoms with van der Waals surface area (Å²) in [5.41, 5.74) is 0.832. The fourth-order valence-corrected chi connectivity index (χ4v) is 2.29. The van der Waals surface area contributed by atoms with Gasteiger partial charge in [-0.05, 0) is 24.1 Å². The summed E-state index contributed by atoms with van der Waals surface area (Å²) in [4.78, 5) is 23.2. The average molecular weight is 345 g/mol. The van der Waals surface area contributed by atoms with Crippen LogP contribution in [0.15, 0.2) is 54.6 Å². The topological polar surface area (TPSA) is 75.6 Å². The molecule has 0 saturated heterocycles. The van der Waals surface area contributed by atoms with Crippen molar-refractivity contribution in [2.24, 2.45) is 0 Å². The smallest absolute Gasteiger partial charge is 0.326 e. The maximum Gasteiger partial charge on any atom is 0.326 e. The van der Waals surface area contributed by atoms with E-state index in [0.717, 1.165) is 5.56 Å². The van der Waals surface area contributed by atoms with Crippen LogP contribution in [0.25, 0.3) is 0 Å². The Kier molecular flexibility index (Phi) is 6.95. The molecule has 0 bridgehead atoms. The zero-order chi connectivity index (χ0) is 18.1. The lowest BCUT2D eigenvalue weighted by Crippen LogP contribution is -2.42. The molecule has 2 N–H and O–H groups in total. The van der Waals surface area contributed by atoms with Gasteiger partial charge in [-0.1, -0.05) is 42.5 Å². The second kappa shape index (κ2) is 9.42. The number of benzene rings is 2. The number of hydrogen-bond acceptors (Lipinski definition) is 3. The third kappa shape index (κ3) is 6.25. The lowest BCUT2D eigenvalue weighted by Gasteiger charge is -2.15. The number of para-hydroxylation sites is 1. The highest BCUT2D eigenvalue weighted by Gasteiger charge is 2.20. The molecule has 0 aliphatic carbocycles. The molecule has 0 aliphatic heterocycles. The number of carbonyl (C=O) groups is 2. The van der Waals surface area contributed by atoms with Gasteiger partial charge in [-0.3, -0.25) is 4.79 Å². The Morgan fingerprint density at radius 2 is 1.76 bits per heavy atom. The highest BCUT2D eigenvalue weighted by atomic mass is 19.1. The van der Waals surface area contributed by atoms with Crippen molar-refractivity contribution in [1.29, 1.82) is 0 Å². The van der Waals surface area contributed by atoms with Crippen LogP contribution in [0.2, 0.25) is 0 Å². The summed E-state index contributed by atoms with van der Waals surface area (Å²) in [6, 6.07) is 14.1. The number of carboxylic acids is 1. The molecule has 2 aromatic rings. The molecule has 0 spiro atoms. The minimum absolute atomic E-state index is 0.104. The predicted molar refractivity (Wildman–Crippen MR) is 90.8 cm³/mol. The normalized spacial score (nSPS) is 11.6. The standard InChI is InChI=1S/C19H20FNO4/c20-15-9-4-5-10-17(15)25-12-6-11-18(22)21-16(19(23)24)13-14-7-2-1-3-8-14/h1-5,7-10,16H,6,11-13H2,(H,21,22)(H,23,24). The van der Waals surface area contributed by atoms with Gasteiger partial charge in [-0.15, -0.1) is 0 Å². The SMILES string of the molecule is O=C(CCCOc1ccccc1F)NC(Cc1ccccc1)C(=O)O. The summed E-state index contributed by atoms with van der Waals surface area (Å²) >= 11 is 0. The summed E-state index contributed by atoms with van der Waals surface area (Å²) in [5.74, 6) is -1.78. The van der Waals surface area contributed by atoms with E-state index in [1.807, 2.05) is 30.3 Å². The Hall–Kier alpha value is -2.89. The first-order valence-corrected chi connectivity index (χ1v) is 7.99. The van der Waals surface area contributed by atoms with Crippen molar-refractivity contribution in [1.82, 2.24) is 5.32 Å². The highest BCUT2D eigenvalue weighted by molar-refractivity contribution is 5.83. The number of carbonyl (C=O) groups excluding carboxylic acids is 1. The Bertz CT molecular complexity index is 706. The van der Waals surface area contributed by atoms with Crippen LogP contribution in [0.4, 0.5) is 4.39 Å². The van der Waals surface area contributed by atoms with E-state index in [2.05, 4.69) is 5.32 Å². The quantitative estimate of drug-likeness (QED) is 0.685. The van der Waals surface area contributed by atoms with Gasteiger partial charge < -0.3 is 15.2 Å². The van der Waals surface area contributed by atoms with Crippen LogP contribution in [-0.2, 0) is 16.0 Å². The Balaban J connectivity index is 1.75. The van der Waals surface area contributed by atoms with E-state index >= 15 is 0 Å². The molecule has 25 heavy (non-hydrogen) atoms. The molecule has 2 rings (SSSR count). The van der Waals surface area contributed by atoms with E-state index in [-0.39, 0.29) is 31.1 Å². The van der Waals surface area contributed by atoms with Crippen LogP contribution < -0.4 is 10.1 Å². The van der Waals surface area contributed by atoms with Gasteiger partial charge in [0.1, 0.15) is 6.04 Å². The van der Waals surface area contributed by atoms with Gasteiger partial charge in [0.05, 0.1) is 6.61 Å². The number of hydrogen-bond donors (Lipinski definition) is 2. The molecule has 1 amide bonds. The molecule has 0 aliphatic rings. The van der Waals surface area contributed by atoms with Crippen LogP contribution in [0.5, 0.6) is 5.75 Å². The van der Waals surface area contributed by atoms with E-state index in [9.17, 15) is 19.1 Å². The van der Waals surface area contributed by atoms with Gasteiger partial charge in [-0.25, -0.2) is 9.18 Å². The first kappa shape index (κ1) is 18.4. The molecule has 0 fully saturated rings. The third-order valence-electron chi connectivity index (χ3n) is 3.56. The monoisotopic (exact) mass is 345 g/mol. The molecule has 2 aromatic carbocycles. The largest absolute Gasteiger partial charge is 0.491 e. The molecule has 1 atom stereocenters. The summed E-state index contributed by atoms with van der Waals surface area (Å²) in [6.45, 7) is 0.171. The van der Waals surface area contributed by atoms with Crippen molar-refractivity contribution in [3.05, 3.63) is 66.0 Å². The molecule has 1 unspecified atom stereocenters. The van der Waals surface area contributed by atoms with Gasteiger partial charge in [0, 0.05) is 12.8 Å². The summed E-state index contributed by atoms with van der Waals surface area (Å²) in [5, 5.41) is 11.8. The number of aliphatic carboxylic acids is 1. The molecule has 0 saturated carbocycles. The van der Waals surface area contributed by atoms with Gasteiger partial charge in [0.15, 0.2) is 11.6 Å². The van der Waals surface area contributed by atoms with Crippen molar-refractivity contribution in [2.45, 2.75) is 25.3 Å². The molecule has 5 nitrogen and oxygen atoms in total. The lowest BCUT2D eigenvalue weighted by molar-refractivity contribution is -0.141. The van der Waals surface area contributed by atoms with E-state index < -0.39 is 17.8 Å². The first-order valence-electron chi connectivity index (χ1n) is 7.99. The summed E-state index contributed by atoms with van der Waals surface area (Å²) in [6.07, 6.45) is 0.679. The number of nitrogens with one attached hydrogen (secondary N) is 1. The van der Waals surface area contributed by atoms with E-state index in [1.54, 1.807) is 12.1 Å². The van der Waals surface area contributed by atoms with Crippen molar-refractivity contribution in [3.8, 4) is 5.75 Å². The summed E-state index contributed by atoms with van der Waals surface area (Å²) < 4.78 is 18.6. The van der Waals surface area contributed by atoms with Crippen LogP contribution in [0.1, 0.15) is 18.4 Å². The zero-order valence-corrected chi connectivity index (χ0v) is 13.7. The second-order valence-electron chi connectivity index (χ2n) is 5.53. The molecular weight excluding hydrogens is 325 g/mol. The third-order valence-corrected chi connectivity index (χ3v) is 3.56. The first-order chi connectivity index (χ1) is 12.1. The molecule has 0 heterocycles. The molecule has 132 valence electrons. The molecule has 0 radical (unpaired) electrons.